The summed E-state index contributed by atoms with van der Waals surface area (Å²) in [5.74, 6) is 0.738. The number of aliphatic hydroxyl groups excluding tert-OH is 1. The summed E-state index contributed by atoms with van der Waals surface area (Å²) in [4.78, 5) is 10.8. The molecule has 0 aliphatic carbocycles. The molecule has 4 aromatic rings. The first kappa shape index (κ1) is 19.6. The average molecular weight is 396 g/mol. The van der Waals surface area contributed by atoms with Gasteiger partial charge in [0.25, 0.3) is 0 Å². The molecule has 0 bridgehead atoms. The van der Waals surface area contributed by atoms with Crippen molar-refractivity contribution in [3.8, 4) is 22.4 Å². The van der Waals surface area contributed by atoms with Crippen LogP contribution >= 0.6 is 0 Å². The molecular weight excluding hydrogens is 372 g/mol. The number of nitrogens with zero attached hydrogens (tertiary/aromatic N) is 3. The fraction of sp³-hybridized carbons (Fsp3) is 0.120. The lowest BCUT2D eigenvalue weighted by molar-refractivity contribution is 0.304. The van der Waals surface area contributed by atoms with Gasteiger partial charge in [0.1, 0.15) is 12.1 Å². The number of nitrogens with one attached hydrogen (secondary N) is 1. The lowest BCUT2D eigenvalue weighted by Gasteiger charge is -2.18. The predicted molar refractivity (Wildman–Crippen MR) is 123 cm³/mol. The summed E-state index contributed by atoms with van der Waals surface area (Å²) >= 11 is 0. The normalized spacial score (nSPS) is 10.6. The second-order valence-electron chi connectivity index (χ2n) is 7.05. The minimum atomic E-state index is 0.131. The zero-order valence-corrected chi connectivity index (χ0v) is 16.9. The van der Waals surface area contributed by atoms with Crippen LogP contribution in [0, 0.1) is 0 Å². The van der Waals surface area contributed by atoms with Crippen molar-refractivity contribution in [2.45, 2.75) is 0 Å². The van der Waals surface area contributed by atoms with Gasteiger partial charge in [0, 0.05) is 36.6 Å². The van der Waals surface area contributed by atoms with Gasteiger partial charge in [0.2, 0.25) is 0 Å². The van der Waals surface area contributed by atoms with Gasteiger partial charge in [-0.15, -0.1) is 0 Å². The highest BCUT2D eigenvalue weighted by atomic mass is 16.3. The number of aromatic nitrogens is 2. The van der Waals surface area contributed by atoms with E-state index in [1.54, 1.807) is 6.33 Å². The van der Waals surface area contributed by atoms with E-state index in [4.69, 9.17) is 5.11 Å². The Kier molecular flexibility index (Phi) is 6.01. The molecule has 0 radical (unpaired) electrons. The largest absolute Gasteiger partial charge is 0.395 e. The van der Waals surface area contributed by atoms with Crippen molar-refractivity contribution in [1.29, 1.82) is 0 Å². The van der Waals surface area contributed by atoms with Crippen LogP contribution in [0.2, 0.25) is 0 Å². The Morgan fingerprint density at radius 1 is 0.800 bits per heavy atom. The molecule has 0 atom stereocenters. The van der Waals surface area contributed by atoms with E-state index in [0.29, 0.717) is 6.54 Å². The zero-order chi connectivity index (χ0) is 20.8. The Hall–Kier alpha value is -3.70. The summed E-state index contributed by atoms with van der Waals surface area (Å²) in [6, 6.07) is 28.7. The van der Waals surface area contributed by atoms with Gasteiger partial charge in [-0.3, -0.25) is 0 Å². The van der Waals surface area contributed by atoms with E-state index in [9.17, 15) is 0 Å². The van der Waals surface area contributed by atoms with Gasteiger partial charge < -0.3 is 15.3 Å². The first-order valence-corrected chi connectivity index (χ1v) is 9.90. The third kappa shape index (κ3) is 4.64. The summed E-state index contributed by atoms with van der Waals surface area (Å²) in [7, 11) is 1.96. The number of hydrogen-bond donors (Lipinski definition) is 2. The van der Waals surface area contributed by atoms with Gasteiger partial charge in [-0.2, -0.15) is 0 Å². The quantitative estimate of drug-likeness (QED) is 0.461. The first-order valence-electron chi connectivity index (χ1n) is 9.90. The minimum Gasteiger partial charge on any atom is -0.395 e. The molecule has 1 heterocycles. The second kappa shape index (κ2) is 9.20. The Bertz CT molecular complexity index is 1100. The molecule has 0 fully saturated rings. The van der Waals surface area contributed by atoms with Gasteiger partial charge in [0.05, 0.1) is 12.3 Å². The van der Waals surface area contributed by atoms with Gasteiger partial charge in [-0.05, 0) is 41.5 Å². The van der Waals surface area contributed by atoms with Crippen molar-refractivity contribution in [1.82, 2.24) is 9.97 Å². The molecule has 0 spiro atoms. The van der Waals surface area contributed by atoms with Gasteiger partial charge in [-0.1, -0.05) is 48.5 Å². The fourth-order valence-corrected chi connectivity index (χ4v) is 3.30. The van der Waals surface area contributed by atoms with Crippen LogP contribution in [0.3, 0.4) is 0 Å². The molecule has 0 saturated carbocycles. The number of hydrogen-bond acceptors (Lipinski definition) is 5. The third-order valence-corrected chi connectivity index (χ3v) is 4.95. The van der Waals surface area contributed by atoms with E-state index in [1.807, 2.05) is 60.5 Å². The van der Waals surface area contributed by atoms with Crippen LogP contribution in [0.4, 0.5) is 17.2 Å². The smallest absolute Gasteiger partial charge is 0.134 e. The Balaban J connectivity index is 1.54. The number of aliphatic hydroxyl groups is 1. The lowest BCUT2D eigenvalue weighted by atomic mass is 10.0. The Morgan fingerprint density at radius 3 is 2.30 bits per heavy atom. The second-order valence-corrected chi connectivity index (χ2v) is 7.05. The molecule has 5 heteroatoms. The van der Waals surface area contributed by atoms with E-state index in [0.717, 1.165) is 34.0 Å². The van der Waals surface area contributed by atoms with E-state index < -0.39 is 0 Å². The summed E-state index contributed by atoms with van der Waals surface area (Å²) in [5.41, 5.74) is 6.24. The zero-order valence-electron chi connectivity index (χ0n) is 16.9. The maximum Gasteiger partial charge on any atom is 0.134 e. The summed E-state index contributed by atoms with van der Waals surface area (Å²) < 4.78 is 0. The number of likely N-dealkylation sites (N-methyl/N-ethyl adjacent to an activating group) is 1. The van der Waals surface area contributed by atoms with Crippen LogP contribution in [-0.2, 0) is 0 Å². The highest BCUT2D eigenvalue weighted by Crippen LogP contribution is 2.27. The first-order chi connectivity index (χ1) is 14.7. The molecule has 0 unspecified atom stereocenters. The van der Waals surface area contributed by atoms with Crippen LogP contribution in [0.1, 0.15) is 0 Å². The van der Waals surface area contributed by atoms with Gasteiger partial charge >= 0.3 is 0 Å². The average Bonchev–Trinajstić information content (AvgIpc) is 2.81. The lowest BCUT2D eigenvalue weighted by Crippen LogP contribution is -2.20. The molecule has 3 aromatic carbocycles. The van der Waals surface area contributed by atoms with E-state index in [2.05, 4.69) is 51.7 Å². The maximum atomic E-state index is 9.08. The van der Waals surface area contributed by atoms with Crippen molar-refractivity contribution in [2.24, 2.45) is 0 Å². The minimum absolute atomic E-state index is 0.131. The molecule has 5 nitrogen and oxygen atoms in total. The van der Waals surface area contributed by atoms with E-state index in [-0.39, 0.29) is 6.61 Å². The molecule has 2 N–H and O–H groups in total. The molecule has 150 valence electrons. The maximum absolute atomic E-state index is 9.08. The molecular formula is C25H24N4O. The van der Waals surface area contributed by atoms with Crippen molar-refractivity contribution in [3.05, 3.63) is 91.3 Å². The van der Waals surface area contributed by atoms with E-state index in [1.165, 1.54) is 5.56 Å². The van der Waals surface area contributed by atoms with Crippen molar-refractivity contribution < 1.29 is 5.11 Å². The number of rotatable bonds is 7. The molecule has 4 rings (SSSR count). The molecule has 0 aliphatic heterocycles. The third-order valence-electron chi connectivity index (χ3n) is 4.95. The van der Waals surface area contributed by atoms with Crippen LogP contribution < -0.4 is 10.2 Å². The highest BCUT2D eigenvalue weighted by molar-refractivity contribution is 5.73. The molecule has 30 heavy (non-hydrogen) atoms. The summed E-state index contributed by atoms with van der Waals surface area (Å²) in [6.45, 7) is 0.732. The topological polar surface area (TPSA) is 61.3 Å². The van der Waals surface area contributed by atoms with E-state index >= 15 is 0 Å². The Morgan fingerprint density at radius 2 is 1.53 bits per heavy atom. The fourth-order valence-electron chi connectivity index (χ4n) is 3.30. The highest BCUT2D eigenvalue weighted by Gasteiger charge is 2.06. The molecule has 0 amide bonds. The van der Waals surface area contributed by atoms with Crippen molar-refractivity contribution in [2.75, 3.05) is 30.4 Å². The standard InChI is InChI=1S/C25H24N4O/c1-29(14-15-30)23-12-10-22(11-13-23)28-25-17-24(26-18-27-25)21-9-5-8-20(16-21)19-6-3-2-4-7-19/h2-13,16-18,30H,14-15H2,1H3,(H,26,27,28). The van der Waals surface area contributed by atoms with Crippen molar-refractivity contribution in [3.63, 3.8) is 0 Å². The number of benzene rings is 3. The van der Waals surface area contributed by atoms with Crippen LogP contribution in [0.5, 0.6) is 0 Å². The predicted octanol–water partition coefficient (Wildman–Crippen LogP) is 4.98. The molecule has 0 aliphatic rings. The molecule has 0 saturated heterocycles. The summed E-state index contributed by atoms with van der Waals surface area (Å²) in [5, 5.41) is 12.4. The van der Waals surface area contributed by atoms with Gasteiger partial charge in [-0.25, -0.2) is 9.97 Å². The van der Waals surface area contributed by atoms with Crippen LogP contribution in [0.15, 0.2) is 91.3 Å². The van der Waals surface area contributed by atoms with Crippen LogP contribution in [0.25, 0.3) is 22.4 Å². The van der Waals surface area contributed by atoms with Crippen molar-refractivity contribution >= 4 is 17.2 Å². The van der Waals surface area contributed by atoms with Crippen LogP contribution in [-0.4, -0.2) is 35.3 Å². The Labute approximate surface area is 176 Å². The van der Waals surface area contributed by atoms with Gasteiger partial charge in [0.15, 0.2) is 0 Å². The summed E-state index contributed by atoms with van der Waals surface area (Å²) in [6.07, 6.45) is 1.58. The SMILES string of the molecule is CN(CCO)c1ccc(Nc2cc(-c3cccc(-c4ccccc4)c3)ncn2)cc1. The number of anilines is 3. The monoisotopic (exact) mass is 396 g/mol. The molecule has 1 aromatic heterocycles.